The molecule has 1 amide bonds. The summed E-state index contributed by atoms with van der Waals surface area (Å²) in [5, 5.41) is 0. The van der Waals surface area contributed by atoms with Gasteiger partial charge in [0.1, 0.15) is 0 Å². The summed E-state index contributed by atoms with van der Waals surface area (Å²) < 4.78 is 0. The smallest absolute Gasteiger partial charge is 0.225 e. The molecular weight excluding hydrogens is 288 g/mol. The van der Waals surface area contributed by atoms with Crippen molar-refractivity contribution in [3.63, 3.8) is 0 Å². The van der Waals surface area contributed by atoms with Crippen LogP contribution in [0.15, 0.2) is 0 Å². The molecule has 3 aliphatic rings. The Morgan fingerprint density at radius 2 is 1.61 bits per heavy atom. The van der Waals surface area contributed by atoms with Crippen LogP contribution < -0.4 is 5.73 Å². The molecule has 1 aliphatic carbocycles. The first-order valence-corrected chi connectivity index (χ1v) is 9.57. The van der Waals surface area contributed by atoms with E-state index in [2.05, 4.69) is 28.5 Å². The summed E-state index contributed by atoms with van der Waals surface area (Å²) in [7, 11) is 0. The normalized spacial score (nSPS) is 36.7. The lowest BCUT2D eigenvalue weighted by Gasteiger charge is -2.37. The Kier molecular flexibility index (Phi) is 5.60. The van der Waals surface area contributed by atoms with Crippen molar-refractivity contribution in [2.45, 2.75) is 64.1 Å². The predicted molar refractivity (Wildman–Crippen MR) is 93.2 cm³/mol. The van der Waals surface area contributed by atoms with Gasteiger partial charge in [0.05, 0.1) is 0 Å². The van der Waals surface area contributed by atoms with Gasteiger partial charge in [0.25, 0.3) is 0 Å². The molecule has 0 radical (unpaired) electrons. The van der Waals surface area contributed by atoms with Gasteiger partial charge in [0.2, 0.25) is 5.91 Å². The molecule has 0 aromatic carbocycles. The molecule has 132 valence electrons. The largest absolute Gasteiger partial charge is 0.340 e. The zero-order valence-corrected chi connectivity index (χ0v) is 14.9. The van der Waals surface area contributed by atoms with Crippen molar-refractivity contribution < 1.29 is 4.79 Å². The summed E-state index contributed by atoms with van der Waals surface area (Å²) in [6, 6.07) is 1.72. The summed E-state index contributed by atoms with van der Waals surface area (Å²) in [6.07, 6.45) is 5.58. The van der Waals surface area contributed by atoms with Crippen molar-refractivity contribution in [1.82, 2.24) is 14.7 Å². The first-order valence-electron chi connectivity index (χ1n) is 9.57. The molecule has 5 nitrogen and oxygen atoms in total. The number of piperazine rings is 1. The van der Waals surface area contributed by atoms with E-state index in [1.807, 2.05) is 0 Å². The molecule has 5 heteroatoms. The first-order chi connectivity index (χ1) is 11.0. The molecule has 0 bridgehead atoms. The van der Waals surface area contributed by atoms with Crippen LogP contribution in [-0.2, 0) is 4.79 Å². The highest BCUT2D eigenvalue weighted by Crippen LogP contribution is 2.26. The number of carbonyl (C=O) groups is 1. The Labute approximate surface area is 141 Å². The average Bonchev–Trinajstić information content (AvgIpc) is 3.12. The third-order valence-corrected chi connectivity index (χ3v) is 6.32. The van der Waals surface area contributed by atoms with Gasteiger partial charge in [0.15, 0.2) is 0 Å². The molecule has 2 saturated heterocycles. The molecule has 0 spiro atoms. The van der Waals surface area contributed by atoms with E-state index in [1.165, 1.54) is 19.4 Å². The van der Waals surface area contributed by atoms with E-state index >= 15 is 0 Å². The lowest BCUT2D eigenvalue weighted by atomic mass is 10.1. The number of nitrogens with zero attached hydrogens (tertiary/aromatic N) is 3. The molecule has 1 saturated carbocycles. The highest BCUT2D eigenvalue weighted by atomic mass is 16.2. The van der Waals surface area contributed by atoms with Crippen LogP contribution in [0.3, 0.4) is 0 Å². The fourth-order valence-electron chi connectivity index (χ4n) is 4.64. The molecule has 2 aliphatic heterocycles. The Hall–Kier alpha value is -0.650. The Morgan fingerprint density at radius 3 is 2.17 bits per heavy atom. The van der Waals surface area contributed by atoms with Crippen LogP contribution in [-0.4, -0.2) is 78.0 Å². The van der Waals surface area contributed by atoms with Crippen LogP contribution >= 0.6 is 0 Å². The van der Waals surface area contributed by atoms with Gasteiger partial charge in [-0.05, 0) is 46.0 Å². The van der Waals surface area contributed by atoms with Crippen LogP contribution in [0, 0.1) is 5.92 Å². The maximum Gasteiger partial charge on any atom is 0.225 e. The van der Waals surface area contributed by atoms with E-state index in [0.717, 1.165) is 64.1 Å². The van der Waals surface area contributed by atoms with Gasteiger partial charge in [0, 0.05) is 63.3 Å². The van der Waals surface area contributed by atoms with Crippen molar-refractivity contribution in [3.8, 4) is 0 Å². The number of rotatable bonds is 4. The minimum absolute atomic E-state index is 0.197. The lowest BCUT2D eigenvalue weighted by Crippen LogP contribution is -2.52. The third-order valence-electron chi connectivity index (χ3n) is 6.32. The number of hydrogen-bond acceptors (Lipinski definition) is 4. The highest BCUT2D eigenvalue weighted by molar-refractivity contribution is 5.79. The monoisotopic (exact) mass is 322 g/mol. The summed E-state index contributed by atoms with van der Waals surface area (Å²) >= 11 is 0. The van der Waals surface area contributed by atoms with Gasteiger partial charge < -0.3 is 10.6 Å². The number of carbonyl (C=O) groups excluding carboxylic acids is 1. The number of hydrogen-bond donors (Lipinski definition) is 1. The van der Waals surface area contributed by atoms with Crippen LogP contribution in [0.25, 0.3) is 0 Å². The molecule has 0 unspecified atom stereocenters. The van der Waals surface area contributed by atoms with E-state index in [4.69, 9.17) is 5.73 Å². The molecule has 4 atom stereocenters. The van der Waals surface area contributed by atoms with Crippen molar-refractivity contribution in [2.75, 3.05) is 39.3 Å². The minimum atomic E-state index is 0.197. The molecular formula is C18H34N4O. The maximum absolute atomic E-state index is 12.5. The van der Waals surface area contributed by atoms with Gasteiger partial charge in [-0.3, -0.25) is 14.6 Å². The molecule has 3 fully saturated rings. The third kappa shape index (κ3) is 4.06. The SMILES string of the molecule is C[C@@H]1CC[C@H](C)N1CCN1CCN(C(=O)[C@@H]2CC[C@H](N)C2)CC1. The van der Waals surface area contributed by atoms with E-state index in [0.29, 0.717) is 5.91 Å². The number of likely N-dealkylation sites (tertiary alicyclic amines) is 1. The standard InChI is InChI=1S/C18H34N4O/c1-14-3-4-15(2)22(14)12-9-20-7-10-21(11-8-20)18(23)16-5-6-17(19)13-16/h14-17H,3-13,19H2,1-2H3/t14-,15+,16-,17+/m1/s1. The second-order valence-electron chi connectivity index (χ2n) is 7.95. The topological polar surface area (TPSA) is 52.8 Å². The van der Waals surface area contributed by atoms with Crippen molar-refractivity contribution >= 4 is 5.91 Å². The molecule has 0 aromatic rings. The van der Waals surface area contributed by atoms with Crippen molar-refractivity contribution in [2.24, 2.45) is 11.7 Å². The Morgan fingerprint density at radius 1 is 0.957 bits per heavy atom. The Balaban J connectivity index is 1.39. The minimum Gasteiger partial charge on any atom is -0.340 e. The van der Waals surface area contributed by atoms with Crippen molar-refractivity contribution in [1.29, 1.82) is 0 Å². The zero-order valence-electron chi connectivity index (χ0n) is 14.9. The van der Waals surface area contributed by atoms with Crippen LogP contribution in [0.1, 0.15) is 46.0 Å². The predicted octanol–water partition coefficient (Wildman–Crippen LogP) is 1.13. The van der Waals surface area contributed by atoms with Gasteiger partial charge in [-0.1, -0.05) is 0 Å². The summed E-state index contributed by atoms with van der Waals surface area (Å²) in [6.45, 7) is 10.9. The van der Waals surface area contributed by atoms with Gasteiger partial charge in [-0.2, -0.15) is 0 Å². The average molecular weight is 322 g/mol. The van der Waals surface area contributed by atoms with E-state index < -0.39 is 0 Å². The Bertz CT molecular complexity index is 398. The molecule has 23 heavy (non-hydrogen) atoms. The van der Waals surface area contributed by atoms with E-state index in [9.17, 15) is 4.79 Å². The second kappa shape index (κ2) is 7.49. The van der Waals surface area contributed by atoms with E-state index in [-0.39, 0.29) is 12.0 Å². The number of amides is 1. The highest BCUT2D eigenvalue weighted by Gasteiger charge is 2.33. The summed E-state index contributed by atoms with van der Waals surface area (Å²) in [5.41, 5.74) is 5.95. The fraction of sp³-hybridized carbons (Fsp3) is 0.944. The first kappa shape index (κ1) is 17.2. The van der Waals surface area contributed by atoms with Gasteiger partial charge >= 0.3 is 0 Å². The zero-order chi connectivity index (χ0) is 16.4. The maximum atomic E-state index is 12.5. The van der Waals surface area contributed by atoms with E-state index in [1.54, 1.807) is 0 Å². The number of nitrogens with two attached hydrogens (primary N) is 1. The van der Waals surface area contributed by atoms with Gasteiger partial charge in [-0.25, -0.2) is 0 Å². The molecule has 0 aromatic heterocycles. The van der Waals surface area contributed by atoms with Gasteiger partial charge in [-0.15, -0.1) is 0 Å². The molecule has 2 heterocycles. The van der Waals surface area contributed by atoms with Crippen LogP contribution in [0.2, 0.25) is 0 Å². The summed E-state index contributed by atoms with van der Waals surface area (Å²) in [4.78, 5) is 19.8. The van der Waals surface area contributed by atoms with Crippen molar-refractivity contribution in [3.05, 3.63) is 0 Å². The van der Waals surface area contributed by atoms with Crippen LogP contribution in [0.4, 0.5) is 0 Å². The molecule has 2 N–H and O–H groups in total. The summed E-state index contributed by atoms with van der Waals surface area (Å²) in [5.74, 6) is 0.558. The quantitative estimate of drug-likeness (QED) is 0.843. The van der Waals surface area contributed by atoms with Crippen LogP contribution in [0.5, 0.6) is 0 Å². The second-order valence-corrected chi connectivity index (χ2v) is 7.95. The lowest BCUT2D eigenvalue weighted by molar-refractivity contribution is -0.137. The fourth-order valence-corrected chi connectivity index (χ4v) is 4.64. The molecule has 3 rings (SSSR count).